The van der Waals surface area contributed by atoms with E-state index in [1.54, 1.807) is 17.0 Å². The molecule has 0 aliphatic carbocycles. The van der Waals surface area contributed by atoms with Gasteiger partial charge in [-0.15, -0.1) is 0 Å². The molecule has 0 radical (unpaired) electrons. The summed E-state index contributed by atoms with van der Waals surface area (Å²) in [6.45, 7) is 0. The first kappa shape index (κ1) is 15.8. The highest BCUT2D eigenvalue weighted by Gasteiger charge is 2.40. The van der Waals surface area contributed by atoms with E-state index in [-0.39, 0.29) is 5.12 Å². The summed E-state index contributed by atoms with van der Waals surface area (Å²) in [5.74, 6) is 0. The van der Waals surface area contributed by atoms with E-state index in [1.807, 2.05) is 67.7 Å². The number of rotatable bonds is 4. The molecule has 0 bridgehead atoms. The summed E-state index contributed by atoms with van der Waals surface area (Å²) in [6, 6.07) is 18.8. The van der Waals surface area contributed by atoms with Crippen LogP contribution in [0.1, 0.15) is 11.1 Å². The first-order valence-electron chi connectivity index (χ1n) is 7.12. The van der Waals surface area contributed by atoms with Crippen molar-refractivity contribution in [2.45, 2.75) is 10.0 Å². The second-order valence-electron chi connectivity index (χ2n) is 5.10. The molecule has 3 aromatic rings. The zero-order chi connectivity index (χ0) is 16.3. The van der Waals surface area contributed by atoms with Gasteiger partial charge in [0.1, 0.15) is 0 Å². The minimum atomic E-state index is -1.25. The van der Waals surface area contributed by atoms with Crippen LogP contribution in [0, 0.1) is 0 Å². The maximum Gasteiger partial charge on any atom is 0.226 e. The van der Waals surface area contributed by atoms with Gasteiger partial charge in [0.15, 0.2) is 10.0 Å². The Bertz CT molecular complexity index is 763. The van der Waals surface area contributed by atoms with Crippen LogP contribution >= 0.6 is 23.4 Å². The summed E-state index contributed by atoms with van der Waals surface area (Å²) >= 11 is 7.96. The van der Waals surface area contributed by atoms with Gasteiger partial charge in [0.2, 0.25) is 5.12 Å². The van der Waals surface area contributed by atoms with Crippen molar-refractivity contribution in [2.24, 2.45) is 7.05 Å². The van der Waals surface area contributed by atoms with Crippen LogP contribution in [0.2, 0.25) is 0 Å². The third-order valence-corrected chi connectivity index (χ3v) is 5.37. The number of hydrogen-bond acceptors (Lipinski definition) is 3. The number of carbonyl (C=O) groups is 1. The molecule has 3 rings (SSSR count). The summed E-state index contributed by atoms with van der Waals surface area (Å²) in [5.41, 5.74) is 1.50. The van der Waals surface area contributed by atoms with E-state index >= 15 is 0 Å². The van der Waals surface area contributed by atoms with Crippen molar-refractivity contribution >= 4 is 28.5 Å². The van der Waals surface area contributed by atoms with Crippen molar-refractivity contribution in [1.29, 1.82) is 0 Å². The van der Waals surface area contributed by atoms with Gasteiger partial charge in [-0.25, -0.2) is 4.98 Å². The number of alkyl halides is 1. The van der Waals surface area contributed by atoms with Gasteiger partial charge < -0.3 is 4.57 Å². The Labute approximate surface area is 144 Å². The lowest BCUT2D eigenvalue weighted by molar-refractivity contribution is -0.112. The number of thioether (sulfide) groups is 1. The smallest absolute Gasteiger partial charge is 0.226 e. The molecule has 5 heteroatoms. The zero-order valence-electron chi connectivity index (χ0n) is 12.5. The Morgan fingerprint density at radius 1 is 1.04 bits per heavy atom. The second kappa shape index (κ2) is 6.60. The molecule has 0 unspecified atom stereocenters. The Kier molecular flexibility index (Phi) is 4.55. The molecule has 0 saturated carbocycles. The summed E-state index contributed by atoms with van der Waals surface area (Å²) in [4.78, 5) is 16.0. The van der Waals surface area contributed by atoms with Crippen LogP contribution in [-0.2, 0) is 16.7 Å². The predicted molar refractivity (Wildman–Crippen MR) is 93.6 cm³/mol. The van der Waals surface area contributed by atoms with Gasteiger partial charge in [0.05, 0.1) is 0 Å². The Balaban J connectivity index is 2.06. The van der Waals surface area contributed by atoms with Gasteiger partial charge in [-0.3, -0.25) is 4.79 Å². The minimum absolute atomic E-state index is 0.175. The normalized spacial score (nSPS) is 11.4. The largest absolute Gasteiger partial charge is 0.329 e. The van der Waals surface area contributed by atoms with Gasteiger partial charge in [-0.05, 0) is 22.9 Å². The number of halogens is 1. The van der Waals surface area contributed by atoms with E-state index < -0.39 is 4.87 Å². The molecule has 0 aliphatic rings. The average molecular weight is 343 g/mol. The predicted octanol–water partition coefficient (Wildman–Crippen LogP) is 4.22. The summed E-state index contributed by atoms with van der Waals surface area (Å²) in [7, 11) is 1.85. The van der Waals surface area contributed by atoms with E-state index in [0.717, 1.165) is 22.9 Å². The first-order chi connectivity index (χ1) is 11.1. The molecule has 23 heavy (non-hydrogen) atoms. The van der Waals surface area contributed by atoms with Gasteiger partial charge in [0.25, 0.3) is 0 Å². The van der Waals surface area contributed by atoms with Crippen molar-refractivity contribution < 1.29 is 4.79 Å². The zero-order valence-corrected chi connectivity index (χ0v) is 14.1. The van der Waals surface area contributed by atoms with E-state index in [2.05, 4.69) is 4.98 Å². The van der Waals surface area contributed by atoms with Crippen molar-refractivity contribution in [1.82, 2.24) is 9.55 Å². The molecule has 0 amide bonds. The maximum atomic E-state index is 13.1. The number of aryl methyl sites for hydroxylation is 1. The third kappa shape index (κ3) is 3.05. The van der Waals surface area contributed by atoms with Crippen molar-refractivity contribution in [2.75, 3.05) is 0 Å². The molecule has 116 valence electrons. The van der Waals surface area contributed by atoms with Gasteiger partial charge in [-0.1, -0.05) is 72.3 Å². The Morgan fingerprint density at radius 3 is 2.00 bits per heavy atom. The van der Waals surface area contributed by atoms with Crippen molar-refractivity contribution in [3.63, 3.8) is 0 Å². The van der Waals surface area contributed by atoms with E-state index in [4.69, 9.17) is 11.6 Å². The Hall–Kier alpha value is -2.04. The SMILES string of the molecule is Cn1ccnc1SC(=O)C(Cl)(c1ccccc1)c1ccccc1. The number of nitrogens with zero attached hydrogens (tertiary/aromatic N) is 2. The number of benzene rings is 2. The third-order valence-electron chi connectivity index (χ3n) is 3.59. The molecular formula is C18H15ClN2OS. The topological polar surface area (TPSA) is 34.9 Å². The molecule has 0 saturated heterocycles. The van der Waals surface area contributed by atoms with Gasteiger partial charge in [-0.2, -0.15) is 0 Å². The number of aromatic nitrogens is 2. The molecule has 0 fully saturated rings. The van der Waals surface area contributed by atoms with E-state index in [9.17, 15) is 4.79 Å². The molecule has 0 N–H and O–H groups in total. The fourth-order valence-corrected chi connectivity index (χ4v) is 3.57. The van der Waals surface area contributed by atoms with Crippen molar-refractivity contribution in [3.8, 4) is 0 Å². The fourth-order valence-electron chi connectivity index (χ4n) is 2.34. The number of carbonyl (C=O) groups excluding carboxylic acids is 1. The summed E-state index contributed by atoms with van der Waals surface area (Å²) in [5, 5.41) is 0.442. The molecule has 0 spiro atoms. The van der Waals surface area contributed by atoms with Crippen LogP contribution in [0.15, 0.2) is 78.2 Å². The van der Waals surface area contributed by atoms with E-state index in [0.29, 0.717) is 5.16 Å². The standard InChI is InChI=1S/C18H15ClN2OS/c1-21-13-12-20-17(21)23-16(22)18(19,14-8-4-2-5-9-14)15-10-6-3-7-11-15/h2-13H,1H3. The maximum absolute atomic E-state index is 13.1. The number of hydrogen-bond donors (Lipinski definition) is 0. The van der Waals surface area contributed by atoms with Crippen LogP contribution in [0.3, 0.4) is 0 Å². The first-order valence-corrected chi connectivity index (χ1v) is 8.31. The summed E-state index contributed by atoms with van der Waals surface area (Å²) in [6.07, 6.45) is 3.47. The quantitative estimate of drug-likeness (QED) is 0.526. The molecule has 3 nitrogen and oxygen atoms in total. The molecule has 2 aromatic carbocycles. The van der Waals surface area contributed by atoms with Crippen LogP contribution in [-0.4, -0.2) is 14.7 Å². The average Bonchev–Trinajstić information content (AvgIpc) is 3.00. The van der Waals surface area contributed by atoms with Gasteiger partial charge >= 0.3 is 0 Å². The lowest BCUT2D eigenvalue weighted by atomic mass is 9.91. The Morgan fingerprint density at radius 2 is 1.57 bits per heavy atom. The molecular weight excluding hydrogens is 328 g/mol. The van der Waals surface area contributed by atoms with Crippen LogP contribution in [0.25, 0.3) is 0 Å². The van der Waals surface area contributed by atoms with E-state index in [1.165, 1.54) is 0 Å². The lowest BCUT2D eigenvalue weighted by Gasteiger charge is -2.26. The van der Waals surface area contributed by atoms with Crippen molar-refractivity contribution in [3.05, 3.63) is 84.2 Å². The fraction of sp³-hybridized carbons (Fsp3) is 0.111. The molecule has 0 aliphatic heterocycles. The highest BCUT2D eigenvalue weighted by molar-refractivity contribution is 8.13. The monoisotopic (exact) mass is 342 g/mol. The molecule has 1 aromatic heterocycles. The van der Waals surface area contributed by atoms with Crippen LogP contribution in [0.4, 0.5) is 0 Å². The molecule has 0 atom stereocenters. The highest BCUT2D eigenvalue weighted by Crippen LogP contribution is 2.42. The summed E-state index contributed by atoms with van der Waals surface area (Å²) < 4.78 is 1.80. The second-order valence-corrected chi connectivity index (χ2v) is 6.61. The lowest BCUT2D eigenvalue weighted by Crippen LogP contribution is -2.29. The molecule has 1 heterocycles. The highest BCUT2D eigenvalue weighted by atomic mass is 35.5. The van der Waals surface area contributed by atoms with Crippen LogP contribution in [0.5, 0.6) is 0 Å². The van der Waals surface area contributed by atoms with Gasteiger partial charge in [0, 0.05) is 19.4 Å². The number of imidazole rings is 1. The minimum Gasteiger partial charge on any atom is -0.329 e. The van der Waals surface area contributed by atoms with Crippen LogP contribution < -0.4 is 0 Å².